The number of hydrogen-bond acceptors (Lipinski definition) is 6. The number of rotatable bonds is 5. The summed E-state index contributed by atoms with van der Waals surface area (Å²) in [5, 5.41) is 15.8. The SMILES string of the molecule is CO[C@H](C)C(=O)Nc1c[nH]c2ncc(C(F)(F)F)c(N3CCC[C@@H](NC(=O)[O-])C3)c12. The summed E-state index contributed by atoms with van der Waals surface area (Å²) in [6, 6.07) is -0.585. The van der Waals surface area contributed by atoms with Crippen LogP contribution in [0, 0.1) is 0 Å². The van der Waals surface area contributed by atoms with Gasteiger partial charge in [-0.15, -0.1) is 0 Å². The Balaban J connectivity index is 2.10. The van der Waals surface area contributed by atoms with Gasteiger partial charge >= 0.3 is 6.18 Å². The van der Waals surface area contributed by atoms with Gasteiger partial charge in [0.1, 0.15) is 17.8 Å². The minimum atomic E-state index is -4.70. The highest BCUT2D eigenvalue weighted by Gasteiger charge is 2.38. The number of ether oxygens (including phenoxy) is 1. The average molecular weight is 428 g/mol. The molecule has 0 spiro atoms. The van der Waals surface area contributed by atoms with E-state index < -0.39 is 35.9 Å². The van der Waals surface area contributed by atoms with Crippen LogP contribution in [0.4, 0.5) is 29.3 Å². The Morgan fingerprint density at radius 3 is 2.80 bits per heavy atom. The van der Waals surface area contributed by atoms with E-state index in [1.165, 1.54) is 25.1 Å². The van der Waals surface area contributed by atoms with Gasteiger partial charge in [0, 0.05) is 38.6 Å². The van der Waals surface area contributed by atoms with Crippen LogP contribution in [0.15, 0.2) is 12.4 Å². The molecule has 2 aromatic rings. The number of anilines is 2. The maximum absolute atomic E-state index is 13.8. The molecule has 30 heavy (non-hydrogen) atoms. The molecule has 1 saturated heterocycles. The number of H-pyrrole nitrogens is 1. The third kappa shape index (κ3) is 4.42. The Labute approximate surface area is 169 Å². The number of pyridine rings is 1. The first-order chi connectivity index (χ1) is 14.1. The molecule has 3 N–H and O–H groups in total. The normalized spacial score (nSPS) is 18.3. The number of nitrogens with zero attached hydrogens (tertiary/aromatic N) is 2. The first kappa shape index (κ1) is 21.7. The van der Waals surface area contributed by atoms with Crippen molar-refractivity contribution in [1.29, 1.82) is 0 Å². The third-order valence-corrected chi connectivity index (χ3v) is 5.02. The second-order valence-electron chi connectivity index (χ2n) is 7.03. The number of hydrogen-bond donors (Lipinski definition) is 3. The van der Waals surface area contributed by atoms with Crippen LogP contribution in [-0.2, 0) is 15.7 Å². The molecule has 9 nitrogen and oxygen atoms in total. The Hall–Kier alpha value is -3.02. The minimum Gasteiger partial charge on any atom is -0.530 e. The molecule has 0 unspecified atom stereocenters. The number of fused-ring (bicyclic) bond motifs is 1. The van der Waals surface area contributed by atoms with Gasteiger partial charge in [0.25, 0.3) is 5.91 Å². The highest BCUT2D eigenvalue weighted by atomic mass is 19.4. The first-order valence-electron chi connectivity index (χ1n) is 9.25. The van der Waals surface area contributed by atoms with E-state index in [-0.39, 0.29) is 35.5 Å². The molecule has 3 rings (SSSR count). The van der Waals surface area contributed by atoms with E-state index in [1.54, 1.807) is 0 Å². The van der Waals surface area contributed by atoms with E-state index in [4.69, 9.17) is 4.74 Å². The highest BCUT2D eigenvalue weighted by molar-refractivity contribution is 6.08. The Kier molecular flexibility index (Phi) is 6.06. The molecule has 1 fully saturated rings. The topological polar surface area (TPSA) is 122 Å². The monoisotopic (exact) mass is 428 g/mol. The van der Waals surface area contributed by atoms with E-state index in [1.807, 2.05) is 0 Å². The summed E-state index contributed by atoms with van der Waals surface area (Å²) in [6.45, 7) is 1.80. The lowest BCUT2D eigenvalue weighted by atomic mass is 10.0. The summed E-state index contributed by atoms with van der Waals surface area (Å²) in [4.78, 5) is 31.2. The molecule has 0 aliphatic carbocycles. The molecule has 0 aromatic carbocycles. The number of aromatic amines is 1. The van der Waals surface area contributed by atoms with Gasteiger partial charge in [0.05, 0.1) is 22.3 Å². The second-order valence-corrected chi connectivity index (χ2v) is 7.03. The van der Waals surface area contributed by atoms with Crippen LogP contribution in [-0.4, -0.2) is 54.3 Å². The zero-order valence-electron chi connectivity index (χ0n) is 16.3. The molecule has 0 saturated carbocycles. The number of halogens is 3. The van der Waals surface area contributed by atoms with Gasteiger partial charge in [0.15, 0.2) is 0 Å². The molecule has 12 heteroatoms. The summed E-state index contributed by atoms with van der Waals surface area (Å²) in [7, 11) is 1.34. The molecule has 1 aliphatic heterocycles. The van der Waals surface area contributed by atoms with Crippen molar-refractivity contribution in [2.24, 2.45) is 0 Å². The predicted molar refractivity (Wildman–Crippen MR) is 100.0 cm³/mol. The number of piperidine rings is 1. The molecule has 0 radical (unpaired) electrons. The number of alkyl halides is 3. The number of carbonyl (C=O) groups excluding carboxylic acids is 2. The van der Waals surface area contributed by atoms with Gasteiger partial charge in [-0.25, -0.2) is 4.98 Å². The van der Waals surface area contributed by atoms with Crippen molar-refractivity contribution in [2.45, 2.75) is 38.1 Å². The maximum Gasteiger partial charge on any atom is 0.419 e. The zero-order chi connectivity index (χ0) is 22.1. The lowest BCUT2D eigenvalue weighted by molar-refractivity contribution is -0.251. The Morgan fingerprint density at radius 2 is 2.17 bits per heavy atom. The van der Waals surface area contributed by atoms with E-state index in [9.17, 15) is 27.9 Å². The largest absolute Gasteiger partial charge is 0.530 e. The molecule has 1 aliphatic rings. The van der Waals surface area contributed by atoms with Gasteiger partial charge in [-0.2, -0.15) is 13.2 Å². The first-order valence-corrected chi connectivity index (χ1v) is 9.25. The van der Waals surface area contributed by atoms with Gasteiger partial charge in [-0.3, -0.25) is 4.79 Å². The van der Waals surface area contributed by atoms with Gasteiger partial charge in [-0.1, -0.05) is 0 Å². The van der Waals surface area contributed by atoms with Crippen LogP contribution >= 0.6 is 0 Å². The standard InChI is InChI=1S/C18H22F3N5O4/c1-9(30-2)16(27)25-12-7-23-15-13(12)14(11(6-22-15)18(19,20)21)26-5-3-4-10(8-26)24-17(28)29/h6-7,9-10,24H,3-5,8H2,1-2H3,(H,22,23)(H,25,27)(H,28,29)/p-1/t9-,10-/m1/s1. The fourth-order valence-corrected chi connectivity index (χ4v) is 3.52. The summed E-state index contributed by atoms with van der Waals surface area (Å²) in [5.74, 6) is -0.531. The molecular formula is C18H21F3N5O4-. The molecule has 2 atom stereocenters. The third-order valence-electron chi connectivity index (χ3n) is 5.02. The van der Waals surface area contributed by atoms with Crippen LogP contribution in [0.2, 0.25) is 0 Å². The fraction of sp³-hybridized carbons (Fsp3) is 0.500. The lowest BCUT2D eigenvalue weighted by Gasteiger charge is -2.37. The van der Waals surface area contributed by atoms with Crippen molar-refractivity contribution in [3.63, 3.8) is 0 Å². The molecule has 3 heterocycles. The van der Waals surface area contributed by atoms with E-state index in [2.05, 4.69) is 20.6 Å². The van der Waals surface area contributed by atoms with Crippen molar-refractivity contribution in [1.82, 2.24) is 15.3 Å². The van der Waals surface area contributed by atoms with Crippen LogP contribution in [0.3, 0.4) is 0 Å². The number of carboxylic acid groups (broad SMARTS) is 1. The van der Waals surface area contributed by atoms with Gasteiger partial charge in [-0.05, 0) is 19.8 Å². The molecule has 164 valence electrons. The smallest absolute Gasteiger partial charge is 0.419 e. The lowest BCUT2D eigenvalue weighted by Crippen LogP contribution is -2.51. The molecule has 2 amide bonds. The van der Waals surface area contributed by atoms with E-state index in [0.717, 1.165) is 6.20 Å². The minimum absolute atomic E-state index is 0.0171. The van der Waals surface area contributed by atoms with Crippen LogP contribution < -0.4 is 20.6 Å². The maximum atomic E-state index is 13.8. The summed E-state index contributed by atoms with van der Waals surface area (Å²) >= 11 is 0. The Bertz CT molecular complexity index is 946. The van der Waals surface area contributed by atoms with Crippen LogP contribution in [0.1, 0.15) is 25.3 Å². The fourth-order valence-electron chi connectivity index (χ4n) is 3.52. The van der Waals surface area contributed by atoms with Crippen molar-refractivity contribution >= 4 is 34.4 Å². The van der Waals surface area contributed by atoms with Gasteiger partial charge < -0.3 is 35.2 Å². The summed E-state index contributed by atoms with van der Waals surface area (Å²) < 4.78 is 46.4. The van der Waals surface area contributed by atoms with Crippen molar-refractivity contribution in [2.75, 3.05) is 30.4 Å². The zero-order valence-corrected chi connectivity index (χ0v) is 16.3. The van der Waals surface area contributed by atoms with Gasteiger partial charge in [0.2, 0.25) is 0 Å². The summed E-state index contributed by atoms with van der Waals surface area (Å²) in [5.41, 5.74) is -0.853. The number of amides is 2. The number of methoxy groups -OCH3 is 1. The molecule has 2 aromatic heterocycles. The van der Waals surface area contributed by atoms with Crippen LogP contribution in [0.5, 0.6) is 0 Å². The second kappa shape index (κ2) is 8.38. The van der Waals surface area contributed by atoms with E-state index in [0.29, 0.717) is 12.8 Å². The molecular weight excluding hydrogens is 407 g/mol. The predicted octanol–water partition coefficient (Wildman–Crippen LogP) is 1.46. The van der Waals surface area contributed by atoms with Crippen molar-refractivity contribution < 1.29 is 32.6 Å². The van der Waals surface area contributed by atoms with Crippen LogP contribution in [0.25, 0.3) is 11.0 Å². The van der Waals surface area contributed by atoms with Crippen molar-refractivity contribution in [3.05, 3.63) is 18.0 Å². The number of nitrogens with one attached hydrogen (secondary N) is 3. The molecule has 0 bridgehead atoms. The number of carbonyl (C=O) groups is 2. The average Bonchev–Trinajstić information content (AvgIpc) is 3.08. The summed E-state index contributed by atoms with van der Waals surface area (Å²) in [6.07, 6.45) is -3.97. The number of aromatic nitrogens is 2. The van der Waals surface area contributed by atoms with E-state index >= 15 is 0 Å². The van der Waals surface area contributed by atoms with Crippen molar-refractivity contribution in [3.8, 4) is 0 Å². The quantitative estimate of drug-likeness (QED) is 0.663. The Morgan fingerprint density at radius 1 is 1.43 bits per heavy atom. The highest BCUT2D eigenvalue weighted by Crippen LogP contribution is 2.43.